The van der Waals surface area contributed by atoms with Crippen LogP contribution in [0.2, 0.25) is 10.0 Å². The first-order valence-corrected chi connectivity index (χ1v) is 11.1. The van der Waals surface area contributed by atoms with E-state index in [0.717, 1.165) is 51.8 Å². The number of anilines is 2. The van der Waals surface area contributed by atoms with Crippen molar-refractivity contribution >= 4 is 40.8 Å². The van der Waals surface area contributed by atoms with Crippen LogP contribution in [0.4, 0.5) is 11.4 Å². The summed E-state index contributed by atoms with van der Waals surface area (Å²) >= 11 is 12.7. The van der Waals surface area contributed by atoms with Gasteiger partial charge in [-0.3, -0.25) is 0 Å². The number of hydrogen-bond donors (Lipinski definition) is 4. The summed E-state index contributed by atoms with van der Waals surface area (Å²) < 4.78 is 0. The minimum Gasteiger partial charge on any atom is -0.384 e. The lowest BCUT2D eigenvalue weighted by atomic mass is 9.76. The standard InChI is InChI=1S/C23H28Cl2N4/c1-13(27)15-3-5-23(21(25)10-15)29-18-7-16(8-18)19-9-17(19)12-28-22-4-2-14(11-26)6-20(22)24/h2-6,10-11,13,16-19,26,28-29H,7-9,12,27H2,1H3. The highest BCUT2D eigenvalue weighted by Crippen LogP contribution is 2.52. The van der Waals surface area contributed by atoms with Gasteiger partial charge in [0, 0.05) is 24.8 Å². The molecule has 2 fully saturated rings. The molecule has 154 valence electrons. The monoisotopic (exact) mass is 430 g/mol. The summed E-state index contributed by atoms with van der Waals surface area (Å²) in [7, 11) is 0. The Morgan fingerprint density at radius 1 is 1.10 bits per heavy atom. The molecule has 6 heteroatoms. The zero-order chi connectivity index (χ0) is 20.5. The molecule has 0 radical (unpaired) electrons. The number of rotatable bonds is 8. The molecule has 0 aromatic heterocycles. The summed E-state index contributed by atoms with van der Waals surface area (Å²) in [5.41, 5.74) is 9.78. The van der Waals surface area contributed by atoms with Crippen LogP contribution in [0.1, 0.15) is 43.4 Å². The first-order chi connectivity index (χ1) is 13.9. The molecule has 3 unspecified atom stereocenters. The average molecular weight is 431 g/mol. The van der Waals surface area contributed by atoms with Crippen molar-refractivity contribution in [2.24, 2.45) is 23.5 Å². The van der Waals surface area contributed by atoms with E-state index in [-0.39, 0.29) is 6.04 Å². The molecule has 2 aliphatic carbocycles. The lowest BCUT2D eigenvalue weighted by molar-refractivity contribution is 0.240. The molecule has 0 amide bonds. The number of halogens is 2. The minimum absolute atomic E-state index is 0.00105. The molecular weight excluding hydrogens is 403 g/mol. The van der Waals surface area contributed by atoms with Crippen molar-refractivity contribution in [2.75, 3.05) is 17.2 Å². The molecule has 2 aromatic rings. The summed E-state index contributed by atoms with van der Waals surface area (Å²) in [6.07, 6.45) is 5.03. The number of nitrogens with one attached hydrogen (secondary N) is 3. The predicted molar refractivity (Wildman–Crippen MR) is 124 cm³/mol. The van der Waals surface area contributed by atoms with Gasteiger partial charge in [0.25, 0.3) is 0 Å². The van der Waals surface area contributed by atoms with Gasteiger partial charge in [0.1, 0.15) is 0 Å². The van der Waals surface area contributed by atoms with Crippen LogP contribution in [0.3, 0.4) is 0 Å². The maximum absolute atomic E-state index is 7.30. The fraction of sp³-hybridized carbons (Fsp3) is 0.435. The van der Waals surface area contributed by atoms with Crippen molar-refractivity contribution in [1.29, 1.82) is 5.41 Å². The largest absolute Gasteiger partial charge is 0.384 e. The molecule has 0 spiro atoms. The fourth-order valence-corrected chi connectivity index (χ4v) is 4.87. The van der Waals surface area contributed by atoms with E-state index in [1.807, 2.05) is 37.3 Å². The molecule has 0 bridgehead atoms. The Morgan fingerprint density at radius 3 is 2.48 bits per heavy atom. The van der Waals surface area contributed by atoms with Crippen LogP contribution in [0.15, 0.2) is 36.4 Å². The van der Waals surface area contributed by atoms with Gasteiger partial charge < -0.3 is 21.8 Å². The summed E-state index contributed by atoms with van der Waals surface area (Å²) in [5, 5.41) is 15.8. The first-order valence-electron chi connectivity index (χ1n) is 10.3. The van der Waals surface area contributed by atoms with E-state index >= 15 is 0 Å². The molecule has 2 aliphatic rings. The van der Waals surface area contributed by atoms with Crippen molar-refractivity contribution < 1.29 is 0 Å². The van der Waals surface area contributed by atoms with Crippen molar-refractivity contribution in [1.82, 2.24) is 0 Å². The van der Waals surface area contributed by atoms with E-state index in [4.69, 9.17) is 34.3 Å². The second-order valence-electron chi connectivity index (χ2n) is 8.52. The van der Waals surface area contributed by atoms with E-state index < -0.39 is 0 Å². The third-order valence-corrected chi connectivity index (χ3v) is 6.98. The van der Waals surface area contributed by atoms with Crippen LogP contribution in [-0.2, 0) is 0 Å². The quantitative estimate of drug-likeness (QED) is 0.390. The van der Waals surface area contributed by atoms with Crippen molar-refractivity contribution in [2.45, 2.75) is 38.3 Å². The third-order valence-electron chi connectivity index (χ3n) is 6.35. The smallest absolute Gasteiger partial charge is 0.0644 e. The molecule has 0 heterocycles. The molecular formula is C23H28Cl2N4. The van der Waals surface area contributed by atoms with E-state index in [1.165, 1.54) is 25.5 Å². The molecule has 2 aromatic carbocycles. The topological polar surface area (TPSA) is 73.9 Å². The molecule has 5 N–H and O–H groups in total. The SMILES string of the molecule is CC(N)c1ccc(NC2CC(C3CC3CNc3ccc(C=N)cc3Cl)C2)c(Cl)c1. The Kier molecular flexibility index (Phi) is 6.05. The van der Waals surface area contributed by atoms with E-state index in [2.05, 4.69) is 16.7 Å². The molecule has 3 atom stereocenters. The van der Waals surface area contributed by atoms with Crippen molar-refractivity contribution in [3.8, 4) is 0 Å². The number of benzene rings is 2. The predicted octanol–water partition coefficient (Wildman–Crippen LogP) is 5.95. The fourth-order valence-electron chi connectivity index (χ4n) is 4.37. The second kappa shape index (κ2) is 8.55. The van der Waals surface area contributed by atoms with Crippen molar-refractivity contribution in [3.63, 3.8) is 0 Å². The van der Waals surface area contributed by atoms with Gasteiger partial charge in [0.05, 0.1) is 21.4 Å². The highest BCUT2D eigenvalue weighted by Gasteiger charge is 2.47. The highest BCUT2D eigenvalue weighted by molar-refractivity contribution is 6.33. The number of nitrogens with two attached hydrogens (primary N) is 1. The van der Waals surface area contributed by atoms with Gasteiger partial charge in [0.2, 0.25) is 0 Å². The van der Waals surface area contributed by atoms with Crippen LogP contribution in [0, 0.1) is 23.2 Å². The van der Waals surface area contributed by atoms with E-state index in [0.29, 0.717) is 11.1 Å². The molecule has 4 rings (SSSR count). The highest BCUT2D eigenvalue weighted by atomic mass is 35.5. The molecule has 0 saturated heterocycles. The Bertz CT molecular complexity index is 892. The Morgan fingerprint density at radius 2 is 1.83 bits per heavy atom. The lowest BCUT2D eigenvalue weighted by Gasteiger charge is -2.37. The van der Waals surface area contributed by atoms with Gasteiger partial charge in [-0.25, -0.2) is 0 Å². The van der Waals surface area contributed by atoms with Crippen molar-refractivity contribution in [3.05, 3.63) is 57.6 Å². The zero-order valence-electron chi connectivity index (χ0n) is 16.6. The van der Waals surface area contributed by atoms with Gasteiger partial charge in [-0.05, 0) is 79.3 Å². The minimum atomic E-state index is -0.00105. The number of hydrogen-bond acceptors (Lipinski definition) is 4. The van der Waals surface area contributed by atoms with Crippen LogP contribution >= 0.6 is 23.2 Å². The van der Waals surface area contributed by atoms with Gasteiger partial charge in [-0.1, -0.05) is 35.3 Å². The average Bonchev–Trinajstić information content (AvgIpc) is 3.43. The Balaban J connectivity index is 1.21. The van der Waals surface area contributed by atoms with Crippen LogP contribution in [0.5, 0.6) is 0 Å². The first kappa shape index (κ1) is 20.5. The van der Waals surface area contributed by atoms with Gasteiger partial charge in [-0.15, -0.1) is 0 Å². The normalized spacial score (nSPS) is 26.3. The van der Waals surface area contributed by atoms with E-state index in [1.54, 1.807) is 0 Å². The van der Waals surface area contributed by atoms with Crippen LogP contribution in [-0.4, -0.2) is 18.8 Å². The molecule has 2 saturated carbocycles. The maximum Gasteiger partial charge on any atom is 0.0644 e. The molecule has 4 nitrogen and oxygen atoms in total. The molecule has 29 heavy (non-hydrogen) atoms. The maximum atomic E-state index is 7.30. The second-order valence-corrected chi connectivity index (χ2v) is 9.34. The summed E-state index contributed by atoms with van der Waals surface area (Å²) in [4.78, 5) is 0. The van der Waals surface area contributed by atoms with Crippen LogP contribution < -0.4 is 16.4 Å². The summed E-state index contributed by atoms with van der Waals surface area (Å²) in [6.45, 7) is 2.93. The third kappa shape index (κ3) is 4.71. The van der Waals surface area contributed by atoms with Gasteiger partial charge in [-0.2, -0.15) is 0 Å². The van der Waals surface area contributed by atoms with Gasteiger partial charge >= 0.3 is 0 Å². The van der Waals surface area contributed by atoms with Crippen LogP contribution in [0.25, 0.3) is 0 Å². The van der Waals surface area contributed by atoms with E-state index in [9.17, 15) is 0 Å². The zero-order valence-corrected chi connectivity index (χ0v) is 18.1. The van der Waals surface area contributed by atoms with Gasteiger partial charge in [0.15, 0.2) is 0 Å². The summed E-state index contributed by atoms with van der Waals surface area (Å²) in [5.74, 6) is 2.35. The molecule has 0 aliphatic heterocycles. The summed E-state index contributed by atoms with van der Waals surface area (Å²) in [6, 6.07) is 12.3. The Hall–Kier alpha value is -1.75. The lowest BCUT2D eigenvalue weighted by Crippen LogP contribution is -2.37. The Labute approximate surface area is 182 Å².